The Hall–Kier alpha value is -0.120. The Morgan fingerprint density at radius 2 is 0.905 bits per heavy atom. The molecule has 4 N–H and O–H groups in total. The molecule has 0 aliphatic carbocycles. The van der Waals surface area contributed by atoms with Crippen LogP contribution in [0.5, 0.6) is 0 Å². The van der Waals surface area contributed by atoms with Crippen LogP contribution in [0.4, 0.5) is 0 Å². The molecule has 0 rings (SSSR count). The lowest BCUT2D eigenvalue weighted by molar-refractivity contribution is 0.538. The Morgan fingerprint density at radius 1 is 0.524 bits per heavy atom. The van der Waals surface area contributed by atoms with E-state index in [2.05, 4.69) is 17.6 Å². The third-order valence-electron chi connectivity index (χ3n) is 3.97. The van der Waals surface area contributed by atoms with Crippen molar-refractivity contribution in [1.29, 1.82) is 0 Å². The second kappa shape index (κ2) is 19.9. The predicted octanol–water partition coefficient (Wildman–Crippen LogP) is 3.83. The van der Waals surface area contributed by atoms with E-state index in [0.717, 1.165) is 6.54 Å². The van der Waals surface area contributed by atoms with E-state index in [9.17, 15) is 0 Å². The molecule has 0 atom stereocenters. The predicted molar refractivity (Wildman–Crippen MR) is 95.9 cm³/mol. The van der Waals surface area contributed by atoms with Crippen molar-refractivity contribution in [3.63, 3.8) is 0 Å². The molecule has 3 nitrogen and oxygen atoms in total. The summed E-state index contributed by atoms with van der Waals surface area (Å²) in [5, 5.41) is 7.10. The van der Waals surface area contributed by atoms with E-state index in [1.807, 2.05) is 0 Å². The molecule has 21 heavy (non-hydrogen) atoms. The second-order valence-corrected chi connectivity index (χ2v) is 6.18. The molecular formula is C18H41N3. The average Bonchev–Trinajstić information content (AvgIpc) is 2.50. The summed E-state index contributed by atoms with van der Waals surface area (Å²) in [5.41, 5.74) is 5.47. The maximum Gasteiger partial charge on any atom is -0.00489 e. The van der Waals surface area contributed by atoms with Crippen molar-refractivity contribution in [1.82, 2.24) is 10.6 Å². The standard InChI is InChI=1S/C18H41N3/c1-2-3-4-10-15-20-17-12-7-8-13-18-21-16-11-6-5-9-14-19/h20-21H,2-19H2,1H3. The summed E-state index contributed by atoms with van der Waals surface area (Å²) in [5.74, 6) is 0. The molecule has 0 amide bonds. The van der Waals surface area contributed by atoms with Crippen LogP contribution in [0.15, 0.2) is 0 Å². The maximum atomic E-state index is 5.47. The highest BCUT2D eigenvalue weighted by Gasteiger charge is 1.93. The van der Waals surface area contributed by atoms with Crippen LogP contribution in [-0.2, 0) is 0 Å². The lowest BCUT2D eigenvalue weighted by atomic mass is 10.1. The summed E-state index contributed by atoms with van der Waals surface area (Å²) in [6.07, 6.45) is 16.0. The van der Waals surface area contributed by atoms with E-state index in [-0.39, 0.29) is 0 Å². The van der Waals surface area contributed by atoms with Crippen molar-refractivity contribution in [3.8, 4) is 0 Å². The van der Waals surface area contributed by atoms with Gasteiger partial charge in [-0.3, -0.25) is 0 Å². The van der Waals surface area contributed by atoms with Gasteiger partial charge in [-0.2, -0.15) is 0 Å². The molecule has 0 aliphatic rings. The summed E-state index contributed by atoms with van der Waals surface area (Å²) >= 11 is 0. The number of hydrogen-bond donors (Lipinski definition) is 3. The van der Waals surface area contributed by atoms with Crippen molar-refractivity contribution in [3.05, 3.63) is 0 Å². The summed E-state index contributed by atoms with van der Waals surface area (Å²) < 4.78 is 0. The van der Waals surface area contributed by atoms with Crippen molar-refractivity contribution in [2.45, 2.75) is 84.0 Å². The molecule has 0 aliphatic heterocycles. The molecular weight excluding hydrogens is 258 g/mol. The number of nitrogens with two attached hydrogens (primary N) is 1. The third kappa shape index (κ3) is 19.9. The lowest BCUT2D eigenvalue weighted by Crippen LogP contribution is -2.17. The van der Waals surface area contributed by atoms with Crippen molar-refractivity contribution in [2.75, 3.05) is 32.7 Å². The van der Waals surface area contributed by atoms with E-state index in [1.54, 1.807) is 0 Å². The molecule has 0 bridgehead atoms. The highest BCUT2D eigenvalue weighted by molar-refractivity contribution is 4.53. The van der Waals surface area contributed by atoms with Gasteiger partial charge in [0.05, 0.1) is 0 Å². The van der Waals surface area contributed by atoms with Crippen LogP contribution in [0.3, 0.4) is 0 Å². The largest absolute Gasteiger partial charge is 0.330 e. The SMILES string of the molecule is CCCCCCNCCCCCCNCCCCCCN. The smallest absolute Gasteiger partial charge is 0.00489 e. The fourth-order valence-corrected chi connectivity index (χ4v) is 2.53. The van der Waals surface area contributed by atoms with Crippen molar-refractivity contribution < 1.29 is 0 Å². The van der Waals surface area contributed by atoms with Crippen LogP contribution >= 0.6 is 0 Å². The Morgan fingerprint density at radius 3 is 1.29 bits per heavy atom. The van der Waals surface area contributed by atoms with Gasteiger partial charge in [0.2, 0.25) is 0 Å². The van der Waals surface area contributed by atoms with E-state index in [0.29, 0.717) is 0 Å². The van der Waals surface area contributed by atoms with E-state index < -0.39 is 0 Å². The van der Waals surface area contributed by atoms with Crippen LogP contribution in [0.2, 0.25) is 0 Å². The van der Waals surface area contributed by atoms with Gasteiger partial charge in [0.25, 0.3) is 0 Å². The quantitative estimate of drug-likeness (QED) is 0.337. The molecule has 0 aromatic carbocycles. The molecule has 0 spiro atoms. The average molecular weight is 300 g/mol. The molecule has 0 saturated heterocycles. The van der Waals surface area contributed by atoms with Gasteiger partial charge in [0, 0.05) is 0 Å². The van der Waals surface area contributed by atoms with Gasteiger partial charge in [-0.25, -0.2) is 0 Å². The molecule has 0 saturated carbocycles. The van der Waals surface area contributed by atoms with Gasteiger partial charge in [0.15, 0.2) is 0 Å². The van der Waals surface area contributed by atoms with E-state index in [1.165, 1.54) is 103 Å². The highest BCUT2D eigenvalue weighted by Crippen LogP contribution is 2.00. The van der Waals surface area contributed by atoms with Gasteiger partial charge < -0.3 is 16.4 Å². The van der Waals surface area contributed by atoms with Crippen molar-refractivity contribution >= 4 is 0 Å². The molecule has 0 radical (unpaired) electrons. The normalized spacial score (nSPS) is 11.1. The van der Waals surface area contributed by atoms with Crippen molar-refractivity contribution in [2.24, 2.45) is 5.73 Å². The molecule has 0 heterocycles. The van der Waals surface area contributed by atoms with Crippen LogP contribution in [-0.4, -0.2) is 32.7 Å². The minimum Gasteiger partial charge on any atom is -0.330 e. The highest BCUT2D eigenvalue weighted by atomic mass is 14.8. The first-order valence-electron chi connectivity index (χ1n) is 9.53. The Balaban J connectivity index is 2.90. The number of nitrogens with one attached hydrogen (secondary N) is 2. The summed E-state index contributed by atoms with van der Waals surface area (Å²) in [6, 6.07) is 0. The van der Waals surface area contributed by atoms with Crippen LogP contribution < -0.4 is 16.4 Å². The molecule has 3 heteroatoms. The topological polar surface area (TPSA) is 50.1 Å². The fraction of sp³-hybridized carbons (Fsp3) is 1.00. The van der Waals surface area contributed by atoms with Gasteiger partial charge in [0.1, 0.15) is 0 Å². The zero-order valence-electron chi connectivity index (χ0n) is 14.6. The van der Waals surface area contributed by atoms with Crippen LogP contribution in [0, 0.1) is 0 Å². The minimum absolute atomic E-state index is 0.848. The zero-order valence-corrected chi connectivity index (χ0v) is 14.6. The number of hydrogen-bond acceptors (Lipinski definition) is 3. The summed E-state index contributed by atoms with van der Waals surface area (Å²) in [6.45, 7) is 7.92. The van der Waals surface area contributed by atoms with E-state index >= 15 is 0 Å². The van der Waals surface area contributed by atoms with Gasteiger partial charge in [-0.05, 0) is 64.8 Å². The van der Waals surface area contributed by atoms with Gasteiger partial charge in [-0.1, -0.05) is 51.9 Å². The molecule has 0 aromatic heterocycles. The van der Waals surface area contributed by atoms with E-state index in [4.69, 9.17) is 5.73 Å². The van der Waals surface area contributed by atoms with Crippen LogP contribution in [0.25, 0.3) is 0 Å². The Labute approximate surface area is 133 Å². The molecule has 0 fully saturated rings. The molecule has 128 valence electrons. The molecule has 0 unspecified atom stereocenters. The van der Waals surface area contributed by atoms with Gasteiger partial charge >= 0.3 is 0 Å². The minimum atomic E-state index is 0.848. The fourth-order valence-electron chi connectivity index (χ4n) is 2.53. The van der Waals surface area contributed by atoms with Crippen LogP contribution in [0.1, 0.15) is 84.0 Å². The number of rotatable bonds is 18. The zero-order chi connectivity index (χ0) is 15.4. The maximum absolute atomic E-state index is 5.47. The monoisotopic (exact) mass is 299 g/mol. The number of unbranched alkanes of at least 4 members (excludes halogenated alkanes) is 9. The summed E-state index contributed by atoms with van der Waals surface area (Å²) in [4.78, 5) is 0. The third-order valence-corrected chi connectivity index (χ3v) is 3.97. The lowest BCUT2D eigenvalue weighted by Gasteiger charge is -2.06. The molecule has 0 aromatic rings. The first-order chi connectivity index (χ1) is 10.4. The van der Waals surface area contributed by atoms with Gasteiger partial charge in [-0.15, -0.1) is 0 Å². The first-order valence-corrected chi connectivity index (χ1v) is 9.53. The first kappa shape index (κ1) is 20.9. The Bertz CT molecular complexity index is 156. The second-order valence-electron chi connectivity index (χ2n) is 6.18. The summed E-state index contributed by atoms with van der Waals surface area (Å²) in [7, 11) is 0. The Kier molecular flexibility index (Phi) is 19.8.